The zero-order valence-electron chi connectivity index (χ0n) is 15.0. The monoisotopic (exact) mass is 312 g/mol. The van der Waals surface area contributed by atoms with Crippen molar-refractivity contribution in [3.8, 4) is 0 Å². The molecule has 0 heterocycles. The van der Waals surface area contributed by atoms with Gasteiger partial charge in [-0.15, -0.1) is 0 Å². The average molecular weight is 312 g/mol. The van der Waals surface area contributed by atoms with E-state index < -0.39 is 0 Å². The molecular formula is C22H29F. The molecule has 1 unspecified atom stereocenters. The molecule has 23 heavy (non-hydrogen) atoms. The molecule has 1 heteroatoms. The number of aryl methyl sites for hydroxylation is 1. The molecule has 0 N–H and O–H groups in total. The summed E-state index contributed by atoms with van der Waals surface area (Å²) in [4.78, 5) is 0. The minimum atomic E-state index is 0.0359. The smallest absolute Gasteiger partial charge is 0.126 e. The van der Waals surface area contributed by atoms with E-state index in [1.54, 1.807) is 6.07 Å². The summed E-state index contributed by atoms with van der Waals surface area (Å²) in [6.07, 6.45) is 10.7. The maximum absolute atomic E-state index is 14.7. The minimum Gasteiger partial charge on any atom is -0.207 e. The number of fused-ring (bicyclic) bond motifs is 1. The molecule has 0 amide bonds. The van der Waals surface area contributed by atoms with Crippen LogP contribution in [0.15, 0.2) is 24.3 Å². The van der Waals surface area contributed by atoms with Crippen molar-refractivity contribution in [2.45, 2.75) is 65.2 Å². The van der Waals surface area contributed by atoms with E-state index in [9.17, 15) is 4.39 Å². The number of hydrogen-bond donors (Lipinski definition) is 0. The van der Waals surface area contributed by atoms with Gasteiger partial charge in [0.05, 0.1) is 0 Å². The Bertz CT molecular complexity index is 673. The highest BCUT2D eigenvalue weighted by Crippen LogP contribution is 2.67. The van der Waals surface area contributed by atoms with Crippen LogP contribution in [0.4, 0.5) is 4.39 Å². The molecule has 0 bridgehead atoms. The molecule has 0 radical (unpaired) electrons. The van der Waals surface area contributed by atoms with Crippen molar-refractivity contribution in [1.29, 1.82) is 0 Å². The maximum Gasteiger partial charge on any atom is 0.126 e. The second kappa shape index (κ2) is 4.94. The average Bonchev–Trinajstić information content (AvgIpc) is 2.89. The van der Waals surface area contributed by atoms with E-state index in [1.807, 2.05) is 0 Å². The fourth-order valence-corrected chi connectivity index (χ4v) is 6.41. The lowest BCUT2D eigenvalue weighted by molar-refractivity contribution is 0.00149. The maximum atomic E-state index is 14.7. The van der Waals surface area contributed by atoms with Crippen molar-refractivity contribution in [3.63, 3.8) is 0 Å². The summed E-state index contributed by atoms with van der Waals surface area (Å²) in [7, 11) is 0. The molecule has 1 aromatic rings. The van der Waals surface area contributed by atoms with E-state index in [-0.39, 0.29) is 16.6 Å². The molecule has 5 atom stereocenters. The Kier molecular flexibility index (Phi) is 3.31. The Morgan fingerprint density at radius 2 is 2.04 bits per heavy atom. The highest BCUT2D eigenvalue weighted by Gasteiger charge is 2.62. The topological polar surface area (TPSA) is 0 Å². The largest absolute Gasteiger partial charge is 0.207 e. The van der Waals surface area contributed by atoms with Gasteiger partial charge >= 0.3 is 0 Å². The fraction of sp³-hybridized carbons (Fsp3) is 0.636. The minimum absolute atomic E-state index is 0.0359. The van der Waals surface area contributed by atoms with Crippen LogP contribution in [0.3, 0.4) is 0 Å². The van der Waals surface area contributed by atoms with E-state index in [0.717, 1.165) is 18.4 Å². The molecule has 1 fully saturated rings. The predicted octanol–water partition coefficient (Wildman–Crippen LogP) is 5.83. The third-order valence-electron chi connectivity index (χ3n) is 7.80. The van der Waals surface area contributed by atoms with Crippen molar-refractivity contribution < 1.29 is 4.39 Å². The zero-order valence-corrected chi connectivity index (χ0v) is 15.0. The molecule has 0 aliphatic heterocycles. The van der Waals surface area contributed by atoms with Crippen LogP contribution in [0.5, 0.6) is 0 Å². The van der Waals surface area contributed by atoms with Crippen molar-refractivity contribution in [2.75, 3.05) is 0 Å². The molecular weight excluding hydrogens is 283 g/mol. The second-order valence-corrected chi connectivity index (χ2v) is 8.49. The van der Waals surface area contributed by atoms with Gasteiger partial charge in [-0.25, -0.2) is 4.39 Å². The van der Waals surface area contributed by atoms with Gasteiger partial charge in [0.25, 0.3) is 0 Å². The van der Waals surface area contributed by atoms with Crippen LogP contribution >= 0.6 is 0 Å². The van der Waals surface area contributed by atoms with Crippen molar-refractivity contribution in [3.05, 3.63) is 46.8 Å². The molecule has 1 saturated carbocycles. The fourth-order valence-electron chi connectivity index (χ4n) is 6.41. The lowest BCUT2D eigenvalue weighted by atomic mass is 9.44. The SMILES string of the molecule is CCc1ccc(F)c2c1[C@]13CCC[C@H](C)[C@]1(C)C=CC(C)[C@@H]3C2. The predicted molar refractivity (Wildman–Crippen MR) is 94.1 cm³/mol. The standard InChI is InChI=1S/C22H29F/c1-5-16-8-9-19(23)17-13-18-14(2)10-12-21(4)15(3)7-6-11-22(18,21)20(16)17/h8-10,12,14-15,18H,5-7,11,13H2,1-4H3/t14?,15-,18-,21-,22+/m0/s1. The molecule has 3 aliphatic carbocycles. The first kappa shape index (κ1) is 15.4. The molecule has 4 rings (SSSR count). The van der Waals surface area contributed by atoms with E-state index in [1.165, 1.54) is 30.4 Å². The summed E-state index contributed by atoms with van der Waals surface area (Å²) in [5.41, 5.74) is 4.18. The molecule has 0 saturated heterocycles. The van der Waals surface area contributed by atoms with Crippen LogP contribution < -0.4 is 0 Å². The number of allylic oxidation sites excluding steroid dienone is 2. The highest BCUT2D eigenvalue weighted by molar-refractivity contribution is 5.52. The first-order valence-electron chi connectivity index (χ1n) is 9.45. The highest BCUT2D eigenvalue weighted by atomic mass is 19.1. The third-order valence-corrected chi connectivity index (χ3v) is 7.80. The van der Waals surface area contributed by atoms with E-state index in [4.69, 9.17) is 0 Å². The van der Waals surface area contributed by atoms with Gasteiger partial charge in [0.15, 0.2) is 0 Å². The van der Waals surface area contributed by atoms with E-state index >= 15 is 0 Å². The van der Waals surface area contributed by atoms with Crippen LogP contribution in [0.2, 0.25) is 0 Å². The first-order valence-corrected chi connectivity index (χ1v) is 9.45. The van der Waals surface area contributed by atoms with Gasteiger partial charge in [-0.2, -0.15) is 0 Å². The van der Waals surface area contributed by atoms with Gasteiger partial charge in [-0.3, -0.25) is 0 Å². The lowest BCUT2D eigenvalue weighted by Gasteiger charge is -2.59. The summed E-state index contributed by atoms with van der Waals surface area (Å²) in [6.45, 7) is 9.45. The molecule has 124 valence electrons. The van der Waals surface area contributed by atoms with Crippen LogP contribution in [0.1, 0.15) is 63.6 Å². The summed E-state index contributed by atoms with van der Waals surface area (Å²) in [5, 5.41) is 0. The summed E-state index contributed by atoms with van der Waals surface area (Å²) < 4.78 is 14.7. The van der Waals surface area contributed by atoms with Gasteiger partial charge in [0.1, 0.15) is 5.82 Å². The van der Waals surface area contributed by atoms with Gasteiger partial charge in [0, 0.05) is 5.41 Å². The Morgan fingerprint density at radius 1 is 1.26 bits per heavy atom. The summed E-state index contributed by atoms with van der Waals surface area (Å²) >= 11 is 0. The summed E-state index contributed by atoms with van der Waals surface area (Å²) in [6, 6.07) is 3.78. The molecule has 3 aliphatic rings. The second-order valence-electron chi connectivity index (χ2n) is 8.49. The van der Waals surface area contributed by atoms with Gasteiger partial charge < -0.3 is 0 Å². The summed E-state index contributed by atoms with van der Waals surface area (Å²) in [5.74, 6) is 1.82. The molecule has 1 spiro atoms. The van der Waals surface area contributed by atoms with Gasteiger partial charge in [-0.05, 0) is 71.6 Å². The Hall–Kier alpha value is -1.11. The molecule has 0 nitrogen and oxygen atoms in total. The van der Waals surface area contributed by atoms with Crippen molar-refractivity contribution >= 4 is 0 Å². The number of rotatable bonds is 1. The Labute approximate surface area is 140 Å². The van der Waals surface area contributed by atoms with Crippen LogP contribution in [-0.4, -0.2) is 0 Å². The van der Waals surface area contributed by atoms with Crippen LogP contribution in [0.25, 0.3) is 0 Å². The van der Waals surface area contributed by atoms with Crippen LogP contribution in [0, 0.1) is 29.0 Å². The first-order chi connectivity index (χ1) is 11.0. The van der Waals surface area contributed by atoms with Gasteiger partial charge in [-0.1, -0.05) is 52.3 Å². The van der Waals surface area contributed by atoms with Crippen molar-refractivity contribution in [1.82, 2.24) is 0 Å². The molecule has 0 aromatic heterocycles. The number of halogens is 1. The quantitative estimate of drug-likeness (QED) is 0.572. The Morgan fingerprint density at radius 3 is 2.78 bits per heavy atom. The number of benzene rings is 1. The van der Waals surface area contributed by atoms with E-state index in [0.29, 0.717) is 17.8 Å². The Balaban J connectivity index is 2.05. The number of hydrogen-bond acceptors (Lipinski definition) is 0. The van der Waals surface area contributed by atoms with Crippen molar-refractivity contribution in [2.24, 2.45) is 23.2 Å². The van der Waals surface area contributed by atoms with E-state index in [2.05, 4.69) is 45.9 Å². The normalized spacial score (nSPS) is 41.3. The lowest BCUT2D eigenvalue weighted by Crippen LogP contribution is -2.55. The third kappa shape index (κ3) is 1.72. The zero-order chi connectivity index (χ0) is 16.4. The van der Waals surface area contributed by atoms with Gasteiger partial charge in [0.2, 0.25) is 0 Å². The molecule has 1 aromatic carbocycles. The van der Waals surface area contributed by atoms with Crippen LogP contribution in [-0.2, 0) is 18.3 Å².